The topological polar surface area (TPSA) is 23.5 Å². The minimum absolute atomic E-state index is 0.236. The molecule has 0 aliphatic carbocycles. The van der Waals surface area contributed by atoms with E-state index >= 15 is 0 Å². The molecule has 2 aromatic rings. The van der Waals surface area contributed by atoms with Crippen LogP contribution in [0.15, 0.2) is 42.5 Å². The van der Waals surface area contributed by atoms with Gasteiger partial charge >= 0.3 is 0 Å². The average Bonchev–Trinajstić information content (AvgIpc) is 2.38. The van der Waals surface area contributed by atoms with E-state index in [2.05, 4.69) is 0 Å². The van der Waals surface area contributed by atoms with Crippen LogP contribution in [0.3, 0.4) is 0 Å². The van der Waals surface area contributed by atoms with Gasteiger partial charge in [0.25, 0.3) is 0 Å². The van der Waals surface area contributed by atoms with Crippen LogP contribution in [-0.2, 0) is 13.2 Å². The lowest BCUT2D eigenvalue weighted by atomic mass is 10.1. The number of para-hydroxylation sites is 1. The summed E-state index contributed by atoms with van der Waals surface area (Å²) in [6.07, 6.45) is 0. The van der Waals surface area contributed by atoms with Gasteiger partial charge in [0.05, 0.1) is 12.3 Å². The molecule has 100 valence electrons. The molecule has 1 N–H and O–H groups in total. The molecule has 0 bridgehead atoms. The fraction of sp³-hybridized carbons (Fsp3) is 0.200. The summed E-state index contributed by atoms with van der Waals surface area (Å²) in [5, 5.41) is 9.25. The minimum Gasteiger partial charge on any atom is -0.392 e. The second-order valence-electron chi connectivity index (χ2n) is 4.39. The van der Waals surface area contributed by atoms with Crippen LogP contribution in [0.1, 0.15) is 11.1 Å². The van der Waals surface area contributed by atoms with Crippen molar-refractivity contribution >= 4 is 5.69 Å². The van der Waals surface area contributed by atoms with E-state index in [1.165, 1.54) is 18.2 Å². The Morgan fingerprint density at radius 3 is 2.53 bits per heavy atom. The molecular formula is C15H15F2NO. The Bertz CT molecular complexity index is 572. The van der Waals surface area contributed by atoms with Gasteiger partial charge in [-0.05, 0) is 23.8 Å². The first kappa shape index (κ1) is 13.5. The summed E-state index contributed by atoms with van der Waals surface area (Å²) in [6.45, 7) is 0.131. The molecule has 0 saturated carbocycles. The molecule has 0 saturated heterocycles. The van der Waals surface area contributed by atoms with Crippen LogP contribution in [0, 0.1) is 11.6 Å². The maximum atomic E-state index is 13.8. The van der Waals surface area contributed by atoms with Gasteiger partial charge in [-0.1, -0.05) is 24.3 Å². The van der Waals surface area contributed by atoms with Crippen molar-refractivity contribution in [3.63, 3.8) is 0 Å². The van der Waals surface area contributed by atoms with Crippen LogP contribution in [0.4, 0.5) is 14.5 Å². The van der Waals surface area contributed by atoms with Gasteiger partial charge in [-0.3, -0.25) is 0 Å². The maximum absolute atomic E-state index is 13.8. The molecule has 0 aliphatic heterocycles. The van der Waals surface area contributed by atoms with Gasteiger partial charge in [0.15, 0.2) is 0 Å². The fourth-order valence-corrected chi connectivity index (χ4v) is 2.10. The molecular weight excluding hydrogens is 248 g/mol. The Hall–Kier alpha value is -1.94. The molecule has 0 radical (unpaired) electrons. The zero-order valence-corrected chi connectivity index (χ0v) is 10.6. The molecule has 19 heavy (non-hydrogen) atoms. The van der Waals surface area contributed by atoms with Crippen LogP contribution in [0.25, 0.3) is 0 Å². The van der Waals surface area contributed by atoms with E-state index in [-0.39, 0.29) is 12.4 Å². The van der Waals surface area contributed by atoms with Gasteiger partial charge in [-0.2, -0.15) is 0 Å². The van der Waals surface area contributed by atoms with Gasteiger partial charge in [0.2, 0.25) is 0 Å². The Balaban J connectivity index is 2.27. The molecule has 0 spiro atoms. The number of rotatable bonds is 4. The quantitative estimate of drug-likeness (QED) is 0.916. The summed E-state index contributed by atoms with van der Waals surface area (Å²) < 4.78 is 27.0. The largest absolute Gasteiger partial charge is 0.392 e. The number of benzene rings is 2. The molecule has 0 aromatic heterocycles. The maximum Gasteiger partial charge on any atom is 0.146 e. The Kier molecular flexibility index (Phi) is 4.12. The summed E-state index contributed by atoms with van der Waals surface area (Å²) in [7, 11) is 1.71. The third kappa shape index (κ3) is 3.09. The molecule has 0 fully saturated rings. The molecule has 2 aromatic carbocycles. The van der Waals surface area contributed by atoms with Crippen molar-refractivity contribution in [3.05, 3.63) is 65.2 Å². The molecule has 0 heterocycles. The fourth-order valence-electron chi connectivity index (χ4n) is 2.10. The SMILES string of the molecule is CN(Cc1cccc(F)c1)c1c(F)cccc1CO. The first-order valence-corrected chi connectivity index (χ1v) is 5.95. The first-order chi connectivity index (χ1) is 9.11. The number of anilines is 1. The van der Waals surface area contributed by atoms with E-state index in [4.69, 9.17) is 0 Å². The van der Waals surface area contributed by atoms with Crippen LogP contribution in [0.5, 0.6) is 0 Å². The molecule has 0 atom stereocenters. The van der Waals surface area contributed by atoms with Gasteiger partial charge in [-0.15, -0.1) is 0 Å². The number of halogens is 2. The molecule has 2 nitrogen and oxygen atoms in total. The van der Waals surface area contributed by atoms with E-state index in [9.17, 15) is 13.9 Å². The monoisotopic (exact) mass is 263 g/mol. The van der Waals surface area contributed by atoms with Crippen molar-refractivity contribution < 1.29 is 13.9 Å². The standard InChI is InChI=1S/C15H15F2NO/c1-18(9-11-4-2-6-13(16)8-11)15-12(10-19)5-3-7-14(15)17/h2-8,19H,9-10H2,1H3. The van der Waals surface area contributed by atoms with Gasteiger partial charge in [-0.25, -0.2) is 8.78 Å². The Morgan fingerprint density at radius 2 is 1.84 bits per heavy atom. The van der Waals surface area contributed by atoms with E-state index in [1.54, 1.807) is 36.2 Å². The van der Waals surface area contributed by atoms with E-state index in [1.807, 2.05) is 0 Å². The summed E-state index contributed by atoms with van der Waals surface area (Å²) in [4.78, 5) is 1.66. The number of aliphatic hydroxyl groups is 1. The smallest absolute Gasteiger partial charge is 0.146 e. The van der Waals surface area contributed by atoms with Crippen LogP contribution in [-0.4, -0.2) is 12.2 Å². The van der Waals surface area contributed by atoms with Gasteiger partial charge in [0, 0.05) is 19.2 Å². The number of hydrogen-bond acceptors (Lipinski definition) is 2. The molecule has 2 rings (SSSR count). The highest BCUT2D eigenvalue weighted by molar-refractivity contribution is 5.54. The van der Waals surface area contributed by atoms with Crippen molar-refractivity contribution in [2.75, 3.05) is 11.9 Å². The third-order valence-electron chi connectivity index (χ3n) is 2.93. The van der Waals surface area contributed by atoms with E-state index < -0.39 is 5.82 Å². The molecule has 0 amide bonds. The number of hydrogen-bond donors (Lipinski definition) is 1. The zero-order valence-electron chi connectivity index (χ0n) is 10.6. The van der Waals surface area contributed by atoms with Crippen molar-refractivity contribution in [3.8, 4) is 0 Å². The minimum atomic E-state index is -0.398. The van der Waals surface area contributed by atoms with Crippen molar-refractivity contribution in [1.82, 2.24) is 0 Å². The van der Waals surface area contributed by atoms with Gasteiger partial charge < -0.3 is 10.0 Å². The Labute approximate surface area is 110 Å². The lowest BCUT2D eigenvalue weighted by molar-refractivity contribution is 0.281. The number of aliphatic hydroxyl groups excluding tert-OH is 1. The highest BCUT2D eigenvalue weighted by atomic mass is 19.1. The van der Waals surface area contributed by atoms with E-state index in [0.717, 1.165) is 5.56 Å². The Morgan fingerprint density at radius 1 is 1.11 bits per heavy atom. The molecule has 0 aliphatic rings. The van der Waals surface area contributed by atoms with Crippen molar-refractivity contribution in [1.29, 1.82) is 0 Å². The predicted octanol–water partition coefficient (Wildman–Crippen LogP) is 3.09. The summed E-state index contributed by atoms with van der Waals surface area (Å²) in [5.41, 5.74) is 1.60. The highest BCUT2D eigenvalue weighted by Crippen LogP contribution is 2.25. The van der Waals surface area contributed by atoms with Crippen molar-refractivity contribution in [2.45, 2.75) is 13.2 Å². The molecule has 0 unspecified atom stereocenters. The lowest BCUT2D eigenvalue weighted by Crippen LogP contribution is -2.19. The van der Waals surface area contributed by atoms with Gasteiger partial charge in [0.1, 0.15) is 11.6 Å². The second-order valence-corrected chi connectivity index (χ2v) is 4.39. The average molecular weight is 263 g/mol. The highest BCUT2D eigenvalue weighted by Gasteiger charge is 2.12. The summed E-state index contributed by atoms with van der Waals surface area (Å²) in [5.74, 6) is -0.715. The van der Waals surface area contributed by atoms with Crippen LogP contribution in [0.2, 0.25) is 0 Å². The summed E-state index contributed by atoms with van der Waals surface area (Å²) in [6, 6.07) is 10.7. The van der Waals surface area contributed by atoms with Crippen LogP contribution >= 0.6 is 0 Å². The normalized spacial score (nSPS) is 10.5. The second kappa shape index (κ2) is 5.80. The molecule has 4 heteroatoms. The first-order valence-electron chi connectivity index (χ1n) is 5.95. The number of nitrogens with zero attached hydrogens (tertiary/aromatic N) is 1. The predicted molar refractivity (Wildman–Crippen MR) is 70.8 cm³/mol. The van der Waals surface area contributed by atoms with E-state index in [0.29, 0.717) is 17.8 Å². The van der Waals surface area contributed by atoms with Crippen molar-refractivity contribution in [2.24, 2.45) is 0 Å². The third-order valence-corrected chi connectivity index (χ3v) is 2.93. The lowest BCUT2D eigenvalue weighted by Gasteiger charge is -2.22. The van der Waals surface area contributed by atoms with Crippen LogP contribution < -0.4 is 4.90 Å². The summed E-state index contributed by atoms with van der Waals surface area (Å²) >= 11 is 0. The zero-order chi connectivity index (χ0) is 13.8.